The van der Waals surface area contributed by atoms with E-state index >= 15 is 0 Å². The molecule has 0 spiro atoms. The van der Waals surface area contributed by atoms with Crippen molar-refractivity contribution in [2.75, 3.05) is 6.54 Å². The first-order chi connectivity index (χ1) is 12.4. The van der Waals surface area contributed by atoms with Gasteiger partial charge in [0.1, 0.15) is 0 Å². The maximum atomic E-state index is 12.4. The van der Waals surface area contributed by atoms with Crippen LogP contribution in [0.4, 0.5) is 4.79 Å². The Labute approximate surface area is 160 Å². The monoisotopic (exact) mass is 394 g/mol. The number of esters is 1. The number of hydrogen-bond acceptors (Lipinski definition) is 4. The van der Waals surface area contributed by atoms with Crippen LogP contribution in [0.25, 0.3) is 0 Å². The molecule has 1 atom stereocenters. The van der Waals surface area contributed by atoms with E-state index in [0.717, 1.165) is 0 Å². The van der Waals surface area contributed by atoms with Crippen LogP contribution in [-0.2, 0) is 9.53 Å². The summed E-state index contributed by atoms with van der Waals surface area (Å²) in [5.41, 5.74) is 0.468. The lowest BCUT2D eigenvalue weighted by Crippen LogP contribution is -2.42. The zero-order chi connectivity index (χ0) is 19.1. The molecule has 0 radical (unpaired) electrons. The number of hydrogen-bond donors (Lipinski definition) is 2. The first-order valence-electron chi connectivity index (χ1n) is 7.72. The number of nitrogens with one attached hydrogen (secondary N) is 2. The van der Waals surface area contributed by atoms with Gasteiger partial charge in [0.15, 0.2) is 0 Å². The van der Waals surface area contributed by atoms with Crippen molar-refractivity contribution >= 4 is 41.1 Å². The first-order valence-corrected chi connectivity index (χ1v) is 8.47. The summed E-state index contributed by atoms with van der Waals surface area (Å²) in [7, 11) is 0. The van der Waals surface area contributed by atoms with Gasteiger partial charge in [-0.2, -0.15) is 0 Å². The number of imide groups is 1. The average Bonchev–Trinajstić information content (AvgIpc) is 2.60. The number of ether oxygens (including phenoxy) is 1. The summed E-state index contributed by atoms with van der Waals surface area (Å²) in [6, 6.07) is 11.9. The summed E-state index contributed by atoms with van der Waals surface area (Å²) in [5.74, 6) is -1.59. The highest BCUT2D eigenvalue weighted by Crippen LogP contribution is 2.25. The second-order valence-electron chi connectivity index (χ2n) is 5.17. The summed E-state index contributed by atoms with van der Waals surface area (Å²) < 4.78 is 5.33. The van der Waals surface area contributed by atoms with Gasteiger partial charge in [-0.25, -0.2) is 9.59 Å². The van der Waals surface area contributed by atoms with E-state index in [2.05, 4.69) is 10.6 Å². The summed E-state index contributed by atoms with van der Waals surface area (Å²) in [4.78, 5) is 36.5. The van der Waals surface area contributed by atoms with Gasteiger partial charge in [0.05, 0.1) is 10.6 Å². The lowest BCUT2D eigenvalue weighted by atomic mass is 10.1. The smallest absolute Gasteiger partial charge is 0.340 e. The van der Waals surface area contributed by atoms with Crippen molar-refractivity contribution in [3.63, 3.8) is 0 Å². The molecule has 0 unspecified atom stereocenters. The standard InChI is InChI=1S/C18H16Cl2N2O4/c1-2-21-18(25)22-16(23)15(11-6-4-3-5-7-11)26-17(24)13-9-8-12(19)10-14(13)20/h3-10,15H,2H2,1H3,(H2,21,22,23,25)/t15-/m1/s1. The third-order valence-corrected chi connectivity index (χ3v) is 3.84. The second-order valence-corrected chi connectivity index (χ2v) is 6.01. The van der Waals surface area contributed by atoms with Gasteiger partial charge >= 0.3 is 12.0 Å². The van der Waals surface area contributed by atoms with E-state index in [-0.39, 0.29) is 10.6 Å². The zero-order valence-electron chi connectivity index (χ0n) is 13.8. The number of rotatable bonds is 5. The van der Waals surface area contributed by atoms with Crippen LogP contribution in [0.15, 0.2) is 48.5 Å². The van der Waals surface area contributed by atoms with Gasteiger partial charge in [-0.15, -0.1) is 0 Å². The van der Waals surface area contributed by atoms with Gasteiger partial charge in [0.25, 0.3) is 5.91 Å². The number of amides is 3. The van der Waals surface area contributed by atoms with Crippen molar-refractivity contribution in [1.29, 1.82) is 0 Å². The fourth-order valence-electron chi connectivity index (χ4n) is 2.11. The Hall–Kier alpha value is -2.57. The SMILES string of the molecule is CCNC(=O)NC(=O)[C@H](OC(=O)c1ccc(Cl)cc1Cl)c1ccccc1. The molecule has 6 nitrogen and oxygen atoms in total. The molecule has 0 aliphatic heterocycles. The third-order valence-electron chi connectivity index (χ3n) is 3.29. The number of benzene rings is 2. The summed E-state index contributed by atoms with van der Waals surface area (Å²) in [6.45, 7) is 2.05. The van der Waals surface area contributed by atoms with Crippen LogP contribution < -0.4 is 10.6 Å². The summed E-state index contributed by atoms with van der Waals surface area (Å²) in [5, 5.41) is 5.03. The Morgan fingerprint density at radius 2 is 1.77 bits per heavy atom. The van der Waals surface area contributed by atoms with Crippen molar-refractivity contribution in [2.24, 2.45) is 0 Å². The van der Waals surface area contributed by atoms with Crippen LogP contribution in [0.1, 0.15) is 28.9 Å². The maximum absolute atomic E-state index is 12.4. The van der Waals surface area contributed by atoms with Gasteiger partial charge < -0.3 is 10.1 Å². The Morgan fingerprint density at radius 1 is 1.08 bits per heavy atom. The van der Waals surface area contributed by atoms with Crippen LogP contribution in [0.2, 0.25) is 10.0 Å². The molecule has 8 heteroatoms. The molecule has 2 aromatic carbocycles. The number of halogens is 2. The van der Waals surface area contributed by atoms with Crippen molar-refractivity contribution in [3.8, 4) is 0 Å². The average molecular weight is 395 g/mol. The lowest BCUT2D eigenvalue weighted by Gasteiger charge is -2.18. The molecule has 0 saturated heterocycles. The Bertz CT molecular complexity index is 812. The Kier molecular flexibility index (Phi) is 7.00. The predicted molar refractivity (Wildman–Crippen MR) is 98.3 cm³/mol. The third kappa shape index (κ3) is 5.21. The molecule has 3 amide bonds. The highest BCUT2D eigenvalue weighted by Gasteiger charge is 2.27. The van der Waals surface area contributed by atoms with Crippen LogP contribution in [0.3, 0.4) is 0 Å². The Morgan fingerprint density at radius 3 is 2.38 bits per heavy atom. The molecule has 0 fully saturated rings. The molecule has 0 aliphatic carbocycles. The fraction of sp³-hybridized carbons (Fsp3) is 0.167. The molecule has 0 heterocycles. The number of carbonyl (C=O) groups is 3. The molecule has 0 aromatic heterocycles. The van der Waals surface area contributed by atoms with Crippen molar-refractivity contribution in [1.82, 2.24) is 10.6 Å². The molecule has 26 heavy (non-hydrogen) atoms. The van der Waals surface area contributed by atoms with Crippen LogP contribution in [0.5, 0.6) is 0 Å². The van der Waals surface area contributed by atoms with Crippen molar-refractivity contribution in [2.45, 2.75) is 13.0 Å². The first kappa shape index (κ1) is 19.8. The van der Waals surface area contributed by atoms with Crippen LogP contribution in [0, 0.1) is 0 Å². The van der Waals surface area contributed by atoms with E-state index in [1.165, 1.54) is 18.2 Å². The van der Waals surface area contributed by atoms with Gasteiger partial charge in [-0.3, -0.25) is 10.1 Å². The van der Waals surface area contributed by atoms with Crippen LogP contribution >= 0.6 is 23.2 Å². The summed E-state index contributed by atoms with van der Waals surface area (Å²) >= 11 is 11.8. The van der Waals surface area contributed by atoms with Crippen molar-refractivity contribution in [3.05, 3.63) is 69.7 Å². The largest absolute Gasteiger partial charge is 0.444 e. The highest BCUT2D eigenvalue weighted by molar-refractivity contribution is 6.36. The van der Waals surface area contributed by atoms with E-state index in [0.29, 0.717) is 17.1 Å². The highest BCUT2D eigenvalue weighted by atomic mass is 35.5. The second kappa shape index (κ2) is 9.22. The van der Waals surface area contributed by atoms with E-state index in [9.17, 15) is 14.4 Å². The van der Waals surface area contributed by atoms with E-state index in [1.807, 2.05) is 0 Å². The molecule has 0 saturated carbocycles. The van der Waals surface area contributed by atoms with Gasteiger partial charge in [-0.1, -0.05) is 53.5 Å². The lowest BCUT2D eigenvalue weighted by molar-refractivity contribution is -0.129. The number of carbonyl (C=O) groups excluding carboxylic acids is 3. The molecule has 0 aliphatic rings. The van der Waals surface area contributed by atoms with E-state index in [4.69, 9.17) is 27.9 Å². The maximum Gasteiger partial charge on any atom is 0.340 e. The molecule has 2 rings (SSSR count). The molecule has 2 N–H and O–H groups in total. The van der Waals surface area contributed by atoms with Gasteiger partial charge in [0.2, 0.25) is 6.10 Å². The van der Waals surface area contributed by atoms with Crippen molar-refractivity contribution < 1.29 is 19.1 Å². The van der Waals surface area contributed by atoms with Crippen LogP contribution in [-0.4, -0.2) is 24.5 Å². The van der Waals surface area contributed by atoms with E-state index < -0.39 is 24.0 Å². The number of urea groups is 1. The molecule has 0 bridgehead atoms. The molecule has 2 aromatic rings. The normalized spacial score (nSPS) is 11.3. The molecular formula is C18H16Cl2N2O4. The van der Waals surface area contributed by atoms with Gasteiger partial charge in [-0.05, 0) is 25.1 Å². The topological polar surface area (TPSA) is 84.5 Å². The minimum atomic E-state index is -1.32. The summed E-state index contributed by atoms with van der Waals surface area (Å²) in [6.07, 6.45) is -1.32. The van der Waals surface area contributed by atoms with E-state index in [1.54, 1.807) is 37.3 Å². The molecule has 136 valence electrons. The van der Waals surface area contributed by atoms with Gasteiger partial charge in [0, 0.05) is 17.1 Å². The predicted octanol–water partition coefficient (Wildman–Crippen LogP) is 3.74. The Balaban J connectivity index is 2.25. The minimum Gasteiger partial charge on any atom is -0.444 e. The quantitative estimate of drug-likeness (QED) is 0.756. The fourth-order valence-corrected chi connectivity index (χ4v) is 2.59. The minimum absolute atomic E-state index is 0.0582. The molecular weight excluding hydrogens is 379 g/mol. The zero-order valence-corrected chi connectivity index (χ0v) is 15.3.